The van der Waals surface area contributed by atoms with Crippen molar-refractivity contribution in [2.45, 2.75) is 18.7 Å². The van der Waals surface area contributed by atoms with Crippen LogP contribution in [0.15, 0.2) is 22.7 Å². The molecular weight excluding hydrogens is 287 g/mol. The molecule has 0 aliphatic heterocycles. The number of carbonyl (C=O) groups excluding carboxylic acids is 1. The fourth-order valence-corrected chi connectivity index (χ4v) is 1.93. The van der Waals surface area contributed by atoms with E-state index in [1.165, 1.54) is 0 Å². The summed E-state index contributed by atoms with van der Waals surface area (Å²) in [6.07, 6.45) is 0.604. The Labute approximate surface area is 102 Å². The SMILES string of the molecule is CCC(Cl)C(=O)c1ccc(Br)cc1Cl. The predicted molar refractivity (Wildman–Crippen MR) is 63.4 cm³/mol. The molecule has 0 aromatic heterocycles. The monoisotopic (exact) mass is 294 g/mol. The molecule has 1 aromatic rings. The molecule has 0 radical (unpaired) electrons. The van der Waals surface area contributed by atoms with Gasteiger partial charge < -0.3 is 0 Å². The molecule has 76 valence electrons. The van der Waals surface area contributed by atoms with Crippen molar-refractivity contribution >= 4 is 44.9 Å². The van der Waals surface area contributed by atoms with E-state index >= 15 is 0 Å². The molecule has 0 aliphatic rings. The molecule has 4 heteroatoms. The molecule has 1 unspecified atom stereocenters. The maximum atomic E-state index is 11.7. The Bertz CT molecular complexity index is 352. The summed E-state index contributed by atoms with van der Waals surface area (Å²) in [5.74, 6) is -0.119. The van der Waals surface area contributed by atoms with Crippen LogP contribution in [-0.4, -0.2) is 11.2 Å². The van der Waals surface area contributed by atoms with Crippen molar-refractivity contribution in [1.29, 1.82) is 0 Å². The zero-order valence-corrected chi connectivity index (χ0v) is 10.7. The van der Waals surface area contributed by atoms with Crippen LogP contribution in [0.2, 0.25) is 5.02 Å². The van der Waals surface area contributed by atoms with Gasteiger partial charge in [-0.1, -0.05) is 34.5 Å². The highest BCUT2D eigenvalue weighted by Gasteiger charge is 2.17. The molecule has 0 N–H and O–H groups in total. The third kappa shape index (κ3) is 2.72. The predicted octanol–water partition coefficient (Wildman–Crippen LogP) is 4.30. The summed E-state index contributed by atoms with van der Waals surface area (Å²) in [7, 11) is 0. The van der Waals surface area contributed by atoms with Gasteiger partial charge in [-0.05, 0) is 24.6 Å². The van der Waals surface area contributed by atoms with Gasteiger partial charge in [-0.15, -0.1) is 11.6 Å². The van der Waals surface area contributed by atoms with Crippen molar-refractivity contribution in [3.05, 3.63) is 33.3 Å². The van der Waals surface area contributed by atoms with Gasteiger partial charge in [-0.3, -0.25) is 4.79 Å². The Morgan fingerprint density at radius 3 is 2.71 bits per heavy atom. The molecule has 0 bridgehead atoms. The Morgan fingerprint density at radius 2 is 2.21 bits per heavy atom. The quantitative estimate of drug-likeness (QED) is 0.600. The van der Waals surface area contributed by atoms with E-state index in [4.69, 9.17) is 23.2 Å². The van der Waals surface area contributed by atoms with E-state index in [2.05, 4.69) is 15.9 Å². The number of carbonyl (C=O) groups is 1. The summed E-state index contributed by atoms with van der Waals surface area (Å²) in [4.78, 5) is 11.7. The van der Waals surface area contributed by atoms with Crippen molar-refractivity contribution in [2.24, 2.45) is 0 Å². The number of alkyl halides is 1. The molecule has 1 atom stereocenters. The number of hydrogen-bond acceptors (Lipinski definition) is 1. The molecule has 0 aliphatic carbocycles. The Hall–Kier alpha value is -0.0500. The largest absolute Gasteiger partial charge is 0.292 e. The van der Waals surface area contributed by atoms with E-state index in [0.29, 0.717) is 17.0 Å². The number of rotatable bonds is 3. The van der Waals surface area contributed by atoms with Crippen LogP contribution in [0.3, 0.4) is 0 Å². The first-order valence-electron chi connectivity index (χ1n) is 4.19. The van der Waals surface area contributed by atoms with Crippen LogP contribution in [0.5, 0.6) is 0 Å². The highest BCUT2D eigenvalue weighted by molar-refractivity contribution is 9.10. The first kappa shape index (κ1) is 12.0. The third-order valence-electron chi connectivity index (χ3n) is 1.84. The van der Waals surface area contributed by atoms with Gasteiger partial charge in [0.2, 0.25) is 0 Å². The summed E-state index contributed by atoms with van der Waals surface area (Å²) in [5.41, 5.74) is 0.483. The molecular formula is C10H9BrCl2O. The number of ketones is 1. The lowest BCUT2D eigenvalue weighted by molar-refractivity contribution is 0.0986. The molecule has 0 saturated carbocycles. The lowest BCUT2D eigenvalue weighted by Crippen LogP contribution is -2.13. The van der Waals surface area contributed by atoms with Gasteiger partial charge in [0.05, 0.1) is 10.4 Å². The Morgan fingerprint density at radius 1 is 1.57 bits per heavy atom. The van der Waals surface area contributed by atoms with Crippen LogP contribution in [0.4, 0.5) is 0 Å². The summed E-state index contributed by atoms with van der Waals surface area (Å²) in [5, 5.41) is -0.0582. The van der Waals surface area contributed by atoms with Gasteiger partial charge >= 0.3 is 0 Å². The molecule has 1 aromatic carbocycles. The van der Waals surface area contributed by atoms with E-state index in [1.807, 2.05) is 6.92 Å². The van der Waals surface area contributed by atoms with E-state index in [0.717, 1.165) is 4.47 Å². The van der Waals surface area contributed by atoms with Crippen LogP contribution in [0.25, 0.3) is 0 Å². The zero-order chi connectivity index (χ0) is 10.7. The molecule has 0 spiro atoms. The minimum absolute atomic E-state index is 0.119. The lowest BCUT2D eigenvalue weighted by Gasteiger charge is -2.07. The van der Waals surface area contributed by atoms with Crippen LogP contribution < -0.4 is 0 Å². The van der Waals surface area contributed by atoms with Gasteiger partial charge in [0.25, 0.3) is 0 Å². The van der Waals surface area contributed by atoms with Gasteiger partial charge in [0.15, 0.2) is 5.78 Å². The van der Waals surface area contributed by atoms with Crippen LogP contribution in [0, 0.1) is 0 Å². The van der Waals surface area contributed by atoms with Gasteiger partial charge in [0.1, 0.15) is 0 Å². The summed E-state index contributed by atoms with van der Waals surface area (Å²) < 4.78 is 0.849. The van der Waals surface area contributed by atoms with Crippen LogP contribution in [0.1, 0.15) is 23.7 Å². The maximum Gasteiger partial charge on any atom is 0.182 e. The van der Waals surface area contributed by atoms with Crippen LogP contribution in [-0.2, 0) is 0 Å². The molecule has 1 nitrogen and oxygen atoms in total. The molecule has 0 amide bonds. The van der Waals surface area contributed by atoms with Crippen molar-refractivity contribution in [1.82, 2.24) is 0 Å². The zero-order valence-electron chi connectivity index (χ0n) is 7.56. The highest BCUT2D eigenvalue weighted by Crippen LogP contribution is 2.24. The standard InChI is InChI=1S/C10H9BrCl2O/c1-2-8(12)10(14)7-4-3-6(11)5-9(7)13/h3-5,8H,2H2,1H3. The molecule has 0 saturated heterocycles. The summed E-state index contributed by atoms with van der Waals surface area (Å²) in [6, 6.07) is 5.15. The van der Waals surface area contributed by atoms with Crippen molar-refractivity contribution < 1.29 is 4.79 Å². The minimum Gasteiger partial charge on any atom is -0.292 e. The third-order valence-corrected chi connectivity index (χ3v) is 3.15. The van der Waals surface area contributed by atoms with E-state index in [1.54, 1.807) is 18.2 Å². The Balaban J connectivity index is 3.02. The van der Waals surface area contributed by atoms with Crippen molar-refractivity contribution in [2.75, 3.05) is 0 Å². The lowest BCUT2D eigenvalue weighted by atomic mass is 10.1. The molecule has 1 rings (SSSR count). The second-order valence-electron chi connectivity index (χ2n) is 2.86. The van der Waals surface area contributed by atoms with E-state index in [-0.39, 0.29) is 5.78 Å². The molecule has 0 fully saturated rings. The Kier molecular flexibility index (Phi) is 4.42. The van der Waals surface area contributed by atoms with E-state index < -0.39 is 5.38 Å². The summed E-state index contributed by atoms with van der Waals surface area (Å²) in [6.45, 7) is 1.86. The topological polar surface area (TPSA) is 17.1 Å². The highest BCUT2D eigenvalue weighted by atomic mass is 79.9. The fraction of sp³-hybridized carbons (Fsp3) is 0.300. The molecule has 14 heavy (non-hydrogen) atoms. The number of hydrogen-bond donors (Lipinski definition) is 0. The second kappa shape index (κ2) is 5.15. The van der Waals surface area contributed by atoms with Crippen molar-refractivity contribution in [3.63, 3.8) is 0 Å². The maximum absolute atomic E-state index is 11.7. The number of Topliss-reactive ketones (excluding diaryl/α,β-unsaturated/α-hetero) is 1. The first-order valence-corrected chi connectivity index (χ1v) is 5.80. The number of halogens is 3. The van der Waals surface area contributed by atoms with E-state index in [9.17, 15) is 4.79 Å². The normalized spacial score (nSPS) is 12.6. The average Bonchev–Trinajstić information content (AvgIpc) is 2.15. The van der Waals surface area contributed by atoms with Gasteiger partial charge in [0, 0.05) is 10.0 Å². The van der Waals surface area contributed by atoms with Gasteiger partial charge in [-0.2, -0.15) is 0 Å². The minimum atomic E-state index is -0.492. The fourth-order valence-electron chi connectivity index (χ4n) is 1.04. The first-order chi connectivity index (χ1) is 6.56. The number of benzene rings is 1. The second-order valence-corrected chi connectivity index (χ2v) is 4.71. The average molecular weight is 296 g/mol. The smallest absolute Gasteiger partial charge is 0.182 e. The van der Waals surface area contributed by atoms with Gasteiger partial charge in [-0.25, -0.2) is 0 Å². The molecule has 0 heterocycles. The van der Waals surface area contributed by atoms with Crippen LogP contribution >= 0.6 is 39.1 Å². The summed E-state index contributed by atoms with van der Waals surface area (Å²) >= 11 is 15.0. The van der Waals surface area contributed by atoms with Crippen molar-refractivity contribution in [3.8, 4) is 0 Å².